The molecule has 1 atom stereocenters. The molecule has 1 aromatic carbocycles. The molecule has 25 heavy (non-hydrogen) atoms. The Hall–Kier alpha value is -1.01. The highest BCUT2D eigenvalue weighted by Crippen LogP contribution is 2.32. The van der Waals surface area contributed by atoms with E-state index in [1.165, 1.54) is 11.8 Å². The van der Waals surface area contributed by atoms with E-state index in [4.69, 9.17) is 11.6 Å². The fourth-order valence-corrected chi connectivity index (χ4v) is 3.28. The molecule has 0 saturated carbocycles. The maximum absolute atomic E-state index is 12.6. The Kier molecular flexibility index (Phi) is 7.16. The number of halogens is 4. The highest BCUT2D eigenvalue weighted by molar-refractivity contribution is 7.98. The maximum Gasteiger partial charge on any atom is 0.426 e. The Morgan fingerprint density at radius 3 is 2.44 bits per heavy atom. The van der Waals surface area contributed by atoms with Crippen LogP contribution in [-0.4, -0.2) is 49.8 Å². The summed E-state index contributed by atoms with van der Waals surface area (Å²) in [6.07, 6.45) is -3.38. The van der Waals surface area contributed by atoms with Crippen molar-refractivity contribution in [3.8, 4) is 0 Å². The van der Waals surface area contributed by atoms with Crippen molar-refractivity contribution in [2.45, 2.75) is 23.6 Å². The topological polar surface area (TPSA) is 95.5 Å². The summed E-state index contributed by atoms with van der Waals surface area (Å²) in [4.78, 5) is 11.4. The van der Waals surface area contributed by atoms with Gasteiger partial charge in [0.25, 0.3) is 5.91 Å². The first-order valence-corrected chi connectivity index (χ1v) is 9.97. The second-order valence-electron chi connectivity index (χ2n) is 5.06. The molecule has 0 spiro atoms. The smallest absolute Gasteiger partial charge is 0.373 e. The van der Waals surface area contributed by atoms with Crippen LogP contribution in [0.1, 0.15) is 6.92 Å². The highest BCUT2D eigenvalue weighted by Gasteiger charge is 2.55. The molecule has 0 aliphatic heterocycles. The van der Waals surface area contributed by atoms with Crippen LogP contribution in [0.2, 0.25) is 5.02 Å². The van der Waals surface area contributed by atoms with Crippen LogP contribution in [0, 0.1) is 0 Å². The van der Waals surface area contributed by atoms with Gasteiger partial charge in [0.05, 0.1) is 15.6 Å². The summed E-state index contributed by atoms with van der Waals surface area (Å²) < 4.78 is 64.2. The van der Waals surface area contributed by atoms with Gasteiger partial charge in [0.1, 0.15) is 0 Å². The third-order valence-electron chi connectivity index (χ3n) is 3.09. The summed E-state index contributed by atoms with van der Waals surface area (Å²) in [6.45, 7) is 0.485. The maximum atomic E-state index is 12.6. The lowest BCUT2D eigenvalue weighted by Crippen LogP contribution is -2.52. The number of aliphatic hydroxyl groups is 1. The summed E-state index contributed by atoms with van der Waals surface area (Å²) in [7, 11) is -3.84. The van der Waals surface area contributed by atoms with Crippen LogP contribution in [0.3, 0.4) is 0 Å². The zero-order chi connectivity index (χ0) is 19.5. The molecule has 0 bridgehead atoms. The van der Waals surface area contributed by atoms with Gasteiger partial charge in [0.2, 0.25) is 15.6 Å². The zero-order valence-electron chi connectivity index (χ0n) is 13.1. The predicted molar refractivity (Wildman–Crippen MR) is 90.3 cm³/mol. The number of benzene rings is 1. The Bertz CT molecular complexity index is 739. The fraction of sp³-hybridized carbons (Fsp3) is 0.462. The molecule has 0 aromatic heterocycles. The number of sulfonamides is 1. The predicted octanol–water partition coefficient (Wildman–Crippen LogP) is 2.23. The van der Waals surface area contributed by atoms with Gasteiger partial charge in [0, 0.05) is 12.3 Å². The lowest BCUT2D eigenvalue weighted by Gasteiger charge is -2.25. The quantitative estimate of drug-likeness (QED) is 0.588. The lowest BCUT2D eigenvalue weighted by atomic mass is 10.1. The molecular weight excluding hydrogens is 405 g/mol. The average Bonchev–Trinajstić information content (AvgIpc) is 2.48. The summed E-state index contributed by atoms with van der Waals surface area (Å²) in [5.41, 5.74) is -3.89. The van der Waals surface area contributed by atoms with E-state index in [9.17, 15) is 31.5 Å². The minimum Gasteiger partial charge on any atom is -0.373 e. The van der Waals surface area contributed by atoms with Gasteiger partial charge in [-0.25, -0.2) is 13.1 Å². The van der Waals surface area contributed by atoms with Crippen molar-refractivity contribution in [3.63, 3.8) is 0 Å². The summed E-state index contributed by atoms with van der Waals surface area (Å²) in [5.74, 6) is -1.19. The Balaban J connectivity index is 2.99. The van der Waals surface area contributed by atoms with E-state index >= 15 is 0 Å². The SMILES string of the molecule is CSCCNS(=O)(=O)c1ccc(NC(=O)[C@@](C)(O)C(F)(F)F)c(Cl)c1. The van der Waals surface area contributed by atoms with Gasteiger partial charge in [-0.3, -0.25) is 4.79 Å². The van der Waals surface area contributed by atoms with E-state index in [2.05, 4.69) is 4.72 Å². The van der Waals surface area contributed by atoms with Gasteiger partial charge in [-0.2, -0.15) is 24.9 Å². The number of carbonyl (C=O) groups is 1. The molecule has 3 N–H and O–H groups in total. The molecule has 6 nitrogen and oxygen atoms in total. The number of nitrogens with one attached hydrogen (secondary N) is 2. The zero-order valence-corrected chi connectivity index (χ0v) is 15.5. The molecule has 0 fully saturated rings. The molecule has 142 valence electrons. The number of alkyl halides is 3. The number of thioether (sulfide) groups is 1. The Labute approximate surface area is 152 Å². The van der Waals surface area contributed by atoms with Gasteiger partial charge >= 0.3 is 6.18 Å². The van der Waals surface area contributed by atoms with E-state index in [0.717, 1.165) is 18.2 Å². The van der Waals surface area contributed by atoms with Gasteiger partial charge in [-0.05, 0) is 31.4 Å². The van der Waals surface area contributed by atoms with Crippen molar-refractivity contribution in [2.24, 2.45) is 0 Å². The summed E-state index contributed by atoms with van der Waals surface area (Å²) in [5, 5.41) is 10.8. The summed E-state index contributed by atoms with van der Waals surface area (Å²) >= 11 is 7.27. The molecule has 0 heterocycles. The second-order valence-corrected chi connectivity index (χ2v) is 8.22. The molecule has 0 aliphatic carbocycles. The van der Waals surface area contributed by atoms with Crippen LogP contribution >= 0.6 is 23.4 Å². The van der Waals surface area contributed by atoms with Crippen LogP contribution in [0.4, 0.5) is 18.9 Å². The van der Waals surface area contributed by atoms with Gasteiger partial charge in [-0.1, -0.05) is 11.6 Å². The molecule has 0 unspecified atom stereocenters. The second kappa shape index (κ2) is 8.12. The standard InChI is InChI=1S/C13H16ClF3N2O4S2/c1-12(21,13(15,16)17)11(20)19-10-4-3-8(7-9(10)14)25(22,23)18-5-6-24-2/h3-4,7,18,21H,5-6H2,1-2H3,(H,19,20)/t12-/m1/s1. The number of hydrogen-bond acceptors (Lipinski definition) is 5. The summed E-state index contributed by atoms with van der Waals surface area (Å²) in [6, 6.07) is 3.10. The minimum atomic E-state index is -5.19. The first-order chi connectivity index (χ1) is 11.3. The van der Waals surface area contributed by atoms with Crippen LogP contribution in [-0.2, 0) is 14.8 Å². The van der Waals surface area contributed by atoms with Gasteiger partial charge in [-0.15, -0.1) is 0 Å². The van der Waals surface area contributed by atoms with Crippen LogP contribution < -0.4 is 10.0 Å². The molecule has 1 amide bonds. The third-order valence-corrected chi connectivity index (χ3v) is 5.48. The largest absolute Gasteiger partial charge is 0.426 e. The van der Waals surface area contributed by atoms with E-state index in [1.54, 1.807) is 6.26 Å². The molecule has 0 saturated heterocycles. The first-order valence-electron chi connectivity index (χ1n) is 6.71. The van der Waals surface area contributed by atoms with Crippen molar-refractivity contribution in [1.82, 2.24) is 4.72 Å². The van der Waals surface area contributed by atoms with Crippen molar-refractivity contribution in [3.05, 3.63) is 23.2 Å². The third kappa shape index (κ3) is 5.48. The van der Waals surface area contributed by atoms with Crippen molar-refractivity contribution in [1.29, 1.82) is 0 Å². The number of carbonyl (C=O) groups excluding carboxylic acids is 1. The van der Waals surface area contributed by atoms with Gasteiger partial charge in [0.15, 0.2) is 0 Å². The van der Waals surface area contributed by atoms with E-state index in [-0.39, 0.29) is 22.2 Å². The van der Waals surface area contributed by atoms with E-state index in [1.807, 2.05) is 5.32 Å². The van der Waals surface area contributed by atoms with Crippen molar-refractivity contribution >= 4 is 45.0 Å². The molecule has 0 aliphatic rings. The van der Waals surface area contributed by atoms with Crippen molar-refractivity contribution < 1.29 is 31.5 Å². The van der Waals surface area contributed by atoms with Crippen LogP contribution in [0.25, 0.3) is 0 Å². The molecule has 0 radical (unpaired) electrons. The Morgan fingerprint density at radius 2 is 1.96 bits per heavy atom. The number of amides is 1. The average molecular weight is 421 g/mol. The minimum absolute atomic E-state index is 0.189. The molecule has 1 rings (SSSR count). The molecular formula is C13H16ClF3N2O4S2. The normalized spacial score (nSPS) is 14.8. The van der Waals surface area contributed by atoms with Crippen LogP contribution in [0.15, 0.2) is 23.1 Å². The fourth-order valence-electron chi connectivity index (χ4n) is 1.50. The lowest BCUT2D eigenvalue weighted by molar-refractivity contribution is -0.242. The van der Waals surface area contributed by atoms with Crippen molar-refractivity contribution in [2.75, 3.05) is 23.9 Å². The number of hydrogen-bond donors (Lipinski definition) is 3. The number of rotatable bonds is 7. The van der Waals surface area contributed by atoms with E-state index < -0.39 is 27.7 Å². The molecule has 12 heteroatoms. The van der Waals surface area contributed by atoms with E-state index in [0.29, 0.717) is 12.7 Å². The van der Waals surface area contributed by atoms with Gasteiger partial charge < -0.3 is 10.4 Å². The monoisotopic (exact) mass is 420 g/mol. The Morgan fingerprint density at radius 1 is 1.36 bits per heavy atom. The number of anilines is 1. The van der Waals surface area contributed by atoms with Crippen LogP contribution in [0.5, 0.6) is 0 Å². The first kappa shape index (κ1) is 22.0. The highest BCUT2D eigenvalue weighted by atomic mass is 35.5. The molecule has 1 aromatic rings.